The number of carboxylic acid groups (broad SMARTS) is 3. The normalized spacial score (nSPS) is 11.8. The van der Waals surface area contributed by atoms with Gasteiger partial charge in [0.15, 0.2) is 0 Å². The number of rotatable bonds is 28. The first-order valence-corrected chi connectivity index (χ1v) is 14.9. The molecule has 0 aliphatic rings. The van der Waals surface area contributed by atoms with Gasteiger partial charge in [-0.3, -0.25) is 9.59 Å². The van der Waals surface area contributed by atoms with Crippen LogP contribution in [0.5, 0.6) is 0 Å². The molecular formula is C30H55NO6. The van der Waals surface area contributed by atoms with Crippen molar-refractivity contribution in [2.45, 2.75) is 135 Å². The van der Waals surface area contributed by atoms with Crippen LogP contribution in [0.2, 0.25) is 0 Å². The Bertz CT molecular complexity index is 564. The Hall–Kier alpha value is -1.89. The standard InChI is InChI=1S/C30H55NO6/c1-2-3-4-5-6-7-8-9-10-11-12-13-17-24-31(25-18-14-21-28(32)33,26-19-15-22-29(34)35)27-20-16-23-30(36)37/h4-5H,2-3,6-27H2,1H3,(H2-,32,33,34,35,36,37)/b5-4+. The number of carboxylic acids is 3. The maximum atomic E-state index is 11.0. The lowest BCUT2D eigenvalue weighted by Crippen LogP contribution is -2.51. The fourth-order valence-corrected chi connectivity index (χ4v) is 5.01. The van der Waals surface area contributed by atoms with Crippen LogP contribution in [-0.4, -0.2) is 58.8 Å². The van der Waals surface area contributed by atoms with Crippen molar-refractivity contribution < 1.29 is 34.2 Å². The summed E-state index contributed by atoms with van der Waals surface area (Å²) in [5.41, 5.74) is 0. The van der Waals surface area contributed by atoms with Gasteiger partial charge in [-0.25, -0.2) is 0 Å². The van der Waals surface area contributed by atoms with E-state index in [1.165, 1.54) is 64.2 Å². The quantitative estimate of drug-likeness (QED) is 0.0724. The molecule has 0 radical (unpaired) electrons. The molecule has 0 aromatic carbocycles. The molecule has 7 heteroatoms. The summed E-state index contributed by atoms with van der Waals surface area (Å²) < 4.78 is 0.845. The summed E-state index contributed by atoms with van der Waals surface area (Å²) in [5.74, 6) is -2.57. The largest absolute Gasteiger partial charge is 0.550 e. The van der Waals surface area contributed by atoms with Crippen LogP contribution < -0.4 is 5.11 Å². The number of hydrogen-bond acceptors (Lipinski definition) is 4. The highest BCUT2D eigenvalue weighted by Crippen LogP contribution is 2.19. The maximum Gasteiger partial charge on any atom is 0.303 e. The van der Waals surface area contributed by atoms with E-state index in [1.54, 1.807) is 0 Å². The minimum Gasteiger partial charge on any atom is -0.550 e. The van der Waals surface area contributed by atoms with Crippen molar-refractivity contribution in [3.05, 3.63) is 12.2 Å². The van der Waals surface area contributed by atoms with Gasteiger partial charge < -0.3 is 24.6 Å². The Morgan fingerprint density at radius 3 is 1.38 bits per heavy atom. The van der Waals surface area contributed by atoms with Crippen LogP contribution >= 0.6 is 0 Å². The number of unbranched alkanes of at least 4 members (excludes halogenated alkanes) is 12. The van der Waals surface area contributed by atoms with Crippen LogP contribution in [-0.2, 0) is 14.4 Å². The van der Waals surface area contributed by atoms with Gasteiger partial charge in [-0.05, 0) is 77.0 Å². The molecular weight excluding hydrogens is 470 g/mol. The van der Waals surface area contributed by atoms with Gasteiger partial charge in [0.1, 0.15) is 0 Å². The third-order valence-corrected chi connectivity index (χ3v) is 7.18. The molecule has 216 valence electrons. The summed E-state index contributed by atoms with van der Waals surface area (Å²) in [4.78, 5) is 32.8. The van der Waals surface area contributed by atoms with Gasteiger partial charge in [0.25, 0.3) is 0 Å². The first kappa shape index (κ1) is 35.1. The molecule has 0 fully saturated rings. The monoisotopic (exact) mass is 525 g/mol. The van der Waals surface area contributed by atoms with Crippen LogP contribution in [0.1, 0.15) is 135 Å². The number of aliphatic carboxylic acids is 3. The van der Waals surface area contributed by atoms with Crippen LogP contribution in [0.15, 0.2) is 12.2 Å². The second kappa shape index (κ2) is 24.4. The molecule has 0 heterocycles. The van der Waals surface area contributed by atoms with Gasteiger partial charge in [0.05, 0.1) is 26.2 Å². The van der Waals surface area contributed by atoms with Gasteiger partial charge >= 0.3 is 11.9 Å². The fraction of sp³-hybridized carbons (Fsp3) is 0.833. The van der Waals surface area contributed by atoms with Crippen molar-refractivity contribution in [1.29, 1.82) is 0 Å². The van der Waals surface area contributed by atoms with Crippen LogP contribution in [0.4, 0.5) is 0 Å². The lowest BCUT2D eigenvalue weighted by molar-refractivity contribution is -0.929. The van der Waals surface area contributed by atoms with E-state index in [0.717, 1.165) is 56.3 Å². The van der Waals surface area contributed by atoms with Crippen molar-refractivity contribution in [2.24, 2.45) is 0 Å². The zero-order valence-corrected chi connectivity index (χ0v) is 23.6. The number of hydrogen-bond donors (Lipinski definition) is 2. The van der Waals surface area contributed by atoms with Gasteiger partial charge in [0.2, 0.25) is 0 Å². The number of carbonyl (C=O) groups is 3. The minimum atomic E-state index is -1.02. The first-order chi connectivity index (χ1) is 17.8. The van der Waals surface area contributed by atoms with Gasteiger partial charge in [0, 0.05) is 18.8 Å². The van der Waals surface area contributed by atoms with Crippen molar-refractivity contribution in [1.82, 2.24) is 0 Å². The second-order valence-electron chi connectivity index (χ2n) is 10.6. The maximum absolute atomic E-state index is 11.0. The highest BCUT2D eigenvalue weighted by atomic mass is 16.4. The molecule has 0 saturated heterocycles. The summed E-state index contributed by atoms with van der Waals surface area (Å²) in [6, 6.07) is 0. The summed E-state index contributed by atoms with van der Waals surface area (Å²) in [7, 11) is 0. The lowest BCUT2D eigenvalue weighted by atomic mass is 10.0. The van der Waals surface area contributed by atoms with E-state index in [0.29, 0.717) is 19.3 Å². The van der Waals surface area contributed by atoms with E-state index in [4.69, 9.17) is 10.2 Å². The number of carbonyl (C=O) groups excluding carboxylic acids is 1. The highest BCUT2D eigenvalue weighted by Gasteiger charge is 2.26. The average molecular weight is 526 g/mol. The van der Waals surface area contributed by atoms with E-state index >= 15 is 0 Å². The molecule has 7 nitrogen and oxygen atoms in total. The van der Waals surface area contributed by atoms with E-state index < -0.39 is 17.9 Å². The Balaban J connectivity index is 4.60. The van der Waals surface area contributed by atoms with Crippen molar-refractivity contribution in [3.8, 4) is 0 Å². The number of nitrogens with zero attached hydrogens (tertiary/aromatic N) is 1. The summed E-state index contributed by atoms with van der Waals surface area (Å²) in [5, 5.41) is 28.9. The first-order valence-electron chi connectivity index (χ1n) is 14.9. The molecule has 0 aromatic heterocycles. The van der Waals surface area contributed by atoms with E-state index in [1.807, 2.05) is 0 Å². The zero-order valence-electron chi connectivity index (χ0n) is 23.6. The summed E-state index contributed by atoms with van der Waals surface area (Å²) in [6.07, 6.45) is 22.8. The number of allylic oxidation sites excluding steroid dienone is 2. The third kappa shape index (κ3) is 24.2. The van der Waals surface area contributed by atoms with E-state index in [9.17, 15) is 19.5 Å². The predicted octanol–water partition coefficient (Wildman–Crippen LogP) is 6.10. The van der Waals surface area contributed by atoms with Gasteiger partial charge in [-0.1, -0.05) is 57.6 Å². The van der Waals surface area contributed by atoms with Crippen molar-refractivity contribution in [2.75, 3.05) is 26.2 Å². The predicted molar refractivity (Wildman–Crippen MR) is 147 cm³/mol. The van der Waals surface area contributed by atoms with Crippen LogP contribution in [0.3, 0.4) is 0 Å². The molecule has 0 aliphatic carbocycles. The third-order valence-electron chi connectivity index (χ3n) is 7.18. The molecule has 0 unspecified atom stereocenters. The van der Waals surface area contributed by atoms with E-state index in [-0.39, 0.29) is 19.3 Å². The molecule has 0 atom stereocenters. The smallest absolute Gasteiger partial charge is 0.303 e. The van der Waals surface area contributed by atoms with Crippen molar-refractivity contribution in [3.63, 3.8) is 0 Å². The van der Waals surface area contributed by atoms with E-state index in [2.05, 4.69) is 19.1 Å². The molecule has 0 spiro atoms. The molecule has 0 aliphatic heterocycles. The molecule has 37 heavy (non-hydrogen) atoms. The lowest BCUT2D eigenvalue weighted by Gasteiger charge is -2.39. The van der Waals surface area contributed by atoms with Crippen molar-refractivity contribution >= 4 is 17.9 Å². The highest BCUT2D eigenvalue weighted by molar-refractivity contribution is 5.66. The fourth-order valence-electron chi connectivity index (χ4n) is 5.01. The SMILES string of the molecule is CCC/C=C/CCCCCCCCCC[N+](CCCCC(=O)[O-])(CCCCC(=O)O)CCCCC(=O)O. The molecule has 0 rings (SSSR count). The second-order valence-corrected chi connectivity index (χ2v) is 10.6. The Morgan fingerprint density at radius 1 is 0.568 bits per heavy atom. The van der Waals surface area contributed by atoms with Gasteiger partial charge in [-0.2, -0.15) is 0 Å². The molecule has 0 bridgehead atoms. The van der Waals surface area contributed by atoms with Crippen LogP contribution in [0, 0.1) is 0 Å². The summed E-state index contributed by atoms with van der Waals surface area (Å²) in [6.45, 7) is 5.81. The molecule has 2 N–H and O–H groups in total. The topological polar surface area (TPSA) is 115 Å². The average Bonchev–Trinajstić information content (AvgIpc) is 2.84. The van der Waals surface area contributed by atoms with Gasteiger partial charge in [-0.15, -0.1) is 0 Å². The molecule has 0 amide bonds. The minimum absolute atomic E-state index is 0.0626. The molecule has 0 saturated carbocycles. The zero-order chi connectivity index (χ0) is 27.6. The number of quaternary nitrogens is 1. The Labute approximate surface area is 225 Å². The summed E-state index contributed by atoms with van der Waals surface area (Å²) >= 11 is 0. The molecule has 0 aromatic rings. The Morgan fingerprint density at radius 2 is 0.946 bits per heavy atom. The Kier molecular flexibility index (Phi) is 23.2. The van der Waals surface area contributed by atoms with Crippen LogP contribution in [0.25, 0.3) is 0 Å².